The van der Waals surface area contributed by atoms with Crippen LogP contribution in [0.15, 0.2) is 0 Å². The van der Waals surface area contributed by atoms with E-state index in [1.807, 2.05) is 0 Å². The average Bonchev–Trinajstić information content (AvgIpc) is 0.811. The van der Waals surface area contributed by atoms with Crippen LogP contribution in [-0.4, -0.2) is 17.1 Å². The van der Waals surface area contributed by atoms with Crippen molar-refractivity contribution >= 4 is 11.2 Å². The monoisotopic (exact) mass is 80.0 g/mol. The first-order valence-electron chi connectivity index (χ1n) is 1.20. The van der Waals surface area contributed by atoms with E-state index in [-0.39, 0.29) is 0 Å². The van der Waals surface area contributed by atoms with E-state index >= 15 is 0 Å². The maximum Gasteiger partial charge on any atom is 0.0238 e. The molecule has 0 aromatic rings. The molecule has 0 saturated carbocycles. The standard InChI is InChI=1S/C2H8OS/c1-4(2)3/h4H2,1-2H3. The molecule has 0 saturated heterocycles. The van der Waals surface area contributed by atoms with Gasteiger partial charge in [0.15, 0.2) is 0 Å². The largest absolute Gasteiger partial charge is 0.689 e. The van der Waals surface area contributed by atoms with E-state index in [9.17, 15) is 4.55 Å². The van der Waals surface area contributed by atoms with Crippen LogP contribution in [-0.2, 0) is 11.2 Å². The highest BCUT2D eigenvalue weighted by atomic mass is 32.2. The molecule has 0 bridgehead atoms. The lowest BCUT2D eigenvalue weighted by atomic mass is 11.9. The molecule has 28 valence electrons. The van der Waals surface area contributed by atoms with Gasteiger partial charge in [-0.05, 0) is 0 Å². The molecule has 0 aliphatic rings. The third kappa shape index (κ3) is 41.3. The van der Waals surface area contributed by atoms with Gasteiger partial charge in [0, 0.05) is 12.5 Å². The SMILES string of the molecule is C[SH2+](C)[O-]. The lowest BCUT2D eigenvalue weighted by Gasteiger charge is -2.03. The van der Waals surface area contributed by atoms with Gasteiger partial charge in [0.1, 0.15) is 0 Å². The quantitative estimate of drug-likeness (QED) is 0.358. The highest BCUT2D eigenvalue weighted by Gasteiger charge is 1.50. The number of hydrogen-bond donors (Lipinski definition) is 0. The van der Waals surface area contributed by atoms with Crippen molar-refractivity contribution in [2.75, 3.05) is 12.5 Å². The van der Waals surface area contributed by atoms with Gasteiger partial charge in [-0.2, -0.15) is 0 Å². The molecule has 0 amide bonds. The second-order valence-corrected chi connectivity index (χ2v) is 2.72. The van der Waals surface area contributed by atoms with Crippen LogP contribution >= 0.6 is 0 Å². The first kappa shape index (κ1) is 4.31. The zero-order chi connectivity index (χ0) is 3.58. The Morgan fingerprint density at radius 2 is 1.50 bits per heavy atom. The summed E-state index contributed by atoms with van der Waals surface area (Å²) in [7, 11) is 0. The van der Waals surface area contributed by atoms with Crippen LogP contribution < -0.4 is 0 Å². The van der Waals surface area contributed by atoms with Crippen molar-refractivity contribution < 1.29 is 4.55 Å². The van der Waals surface area contributed by atoms with Crippen LogP contribution in [0.2, 0.25) is 0 Å². The molecule has 0 unspecified atom stereocenters. The molecule has 0 aromatic carbocycles. The Morgan fingerprint density at radius 3 is 1.50 bits per heavy atom. The Hall–Kier alpha value is 0.310. The van der Waals surface area contributed by atoms with E-state index in [1.165, 1.54) is 0 Å². The summed E-state index contributed by atoms with van der Waals surface area (Å²) in [6.45, 7) is 0. The molecule has 0 aromatic heterocycles. The third-order valence-electron chi connectivity index (χ3n) is 0. The van der Waals surface area contributed by atoms with E-state index in [0.717, 1.165) is 0 Å². The number of hydrogen-bond acceptors (Lipinski definition) is 1. The third-order valence-corrected chi connectivity index (χ3v) is 0. The van der Waals surface area contributed by atoms with Crippen LogP contribution in [0.3, 0.4) is 0 Å². The van der Waals surface area contributed by atoms with Gasteiger partial charge in [-0.15, -0.1) is 0 Å². The zero-order valence-electron chi connectivity index (χ0n) is 2.91. The van der Waals surface area contributed by atoms with Crippen molar-refractivity contribution in [2.45, 2.75) is 0 Å². The van der Waals surface area contributed by atoms with Crippen molar-refractivity contribution in [2.24, 2.45) is 0 Å². The van der Waals surface area contributed by atoms with E-state index in [0.29, 0.717) is 0 Å². The summed E-state index contributed by atoms with van der Waals surface area (Å²) in [5, 5.41) is 0. The summed E-state index contributed by atoms with van der Waals surface area (Å²) >= 11 is -1.13. The Balaban J connectivity index is 2.32. The first-order valence-corrected chi connectivity index (χ1v) is 3.61. The van der Waals surface area contributed by atoms with Gasteiger partial charge in [0.05, 0.1) is 0 Å². The summed E-state index contributed by atoms with van der Waals surface area (Å²) in [6, 6.07) is 0. The molecule has 4 heavy (non-hydrogen) atoms. The van der Waals surface area contributed by atoms with Gasteiger partial charge in [0.25, 0.3) is 0 Å². The lowest BCUT2D eigenvalue weighted by molar-refractivity contribution is 0.606. The van der Waals surface area contributed by atoms with E-state index in [1.54, 1.807) is 12.5 Å². The maximum absolute atomic E-state index is 9.63. The molecule has 0 spiro atoms. The van der Waals surface area contributed by atoms with Crippen LogP contribution in [0.4, 0.5) is 0 Å². The second kappa shape index (κ2) is 1.61. The fourth-order valence-corrected chi connectivity index (χ4v) is 0. The summed E-state index contributed by atoms with van der Waals surface area (Å²) < 4.78 is 9.63. The Bertz CT molecular complexity index is 10.8. The molecular weight excluding hydrogens is 72.1 g/mol. The fraction of sp³-hybridized carbons (Fsp3) is 1.00. The van der Waals surface area contributed by atoms with Gasteiger partial charge in [0.2, 0.25) is 0 Å². The summed E-state index contributed by atoms with van der Waals surface area (Å²) in [5.41, 5.74) is 0. The van der Waals surface area contributed by atoms with Gasteiger partial charge in [-0.25, -0.2) is 0 Å². The minimum Gasteiger partial charge on any atom is -0.689 e. The zero-order valence-corrected chi connectivity index (χ0v) is 3.91. The van der Waals surface area contributed by atoms with Crippen molar-refractivity contribution in [1.29, 1.82) is 0 Å². The van der Waals surface area contributed by atoms with Crippen LogP contribution in [0.5, 0.6) is 0 Å². The molecule has 0 aliphatic carbocycles. The van der Waals surface area contributed by atoms with Crippen LogP contribution in [0.1, 0.15) is 0 Å². The minimum absolute atomic E-state index is 1.13. The molecule has 0 aliphatic heterocycles. The van der Waals surface area contributed by atoms with Crippen LogP contribution in [0.25, 0.3) is 0 Å². The Morgan fingerprint density at radius 1 is 1.50 bits per heavy atom. The molecule has 0 rings (SSSR count). The summed E-state index contributed by atoms with van der Waals surface area (Å²) in [6.07, 6.45) is 3.43. The van der Waals surface area contributed by atoms with E-state index in [2.05, 4.69) is 0 Å². The van der Waals surface area contributed by atoms with Crippen molar-refractivity contribution in [3.8, 4) is 0 Å². The maximum atomic E-state index is 9.63. The molecule has 1 nitrogen and oxygen atoms in total. The van der Waals surface area contributed by atoms with Gasteiger partial charge in [-0.1, -0.05) is 0 Å². The van der Waals surface area contributed by atoms with Crippen molar-refractivity contribution in [3.05, 3.63) is 0 Å². The smallest absolute Gasteiger partial charge is 0.0238 e. The molecule has 0 N–H and O–H groups in total. The molecular formula is C2H8OS. The van der Waals surface area contributed by atoms with Crippen molar-refractivity contribution in [3.63, 3.8) is 0 Å². The minimum atomic E-state index is -1.13. The Kier molecular flexibility index (Phi) is 1.74. The topological polar surface area (TPSA) is 23.1 Å². The number of rotatable bonds is 0. The average molecular weight is 80.2 g/mol. The molecule has 0 atom stereocenters. The predicted octanol–water partition coefficient (Wildman–Crippen LogP) is -0.541. The molecule has 2 heteroatoms. The normalized spacial score (nSPS) is 11.2. The van der Waals surface area contributed by atoms with Crippen LogP contribution in [0, 0.1) is 0 Å². The summed E-state index contributed by atoms with van der Waals surface area (Å²) in [5.74, 6) is 0. The lowest BCUT2D eigenvalue weighted by Crippen LogP contribution is -1.86. The molecule has 0 fully saturated rings. The van der Waals surface area contributed by atoms with E-state index < -0.39 is 11.2 Å². The van der Waals surface area contributed by atoms with Gasteiger partial charge in [-0.3, -0.25) is 0 Å². The molecule has 0 radical (unpaired) electrons. The van der Waals surface area contributed by atoms with E-state index in [4.69, 9.17) is 0 Å². The van der Waals surface area contributed by atoms with Crippen molar-refractivity contribution in [1.82, 2.24) is 0 Å². The highest BCUT2D eigenvalue weighted by Crippen LogP contribution is 1.61. The van der Waals surface area contributed by atoms with Gasteiger partial charge < -0.3 is 15.7 Å². The summed E-state index contributed by atoms with van der Waals surface area (Å²) in [4.78, 5) is 0. The Labute approximate surface area is 29.2 Å². The van der Waals surface area contributed by atoms with Gasteiger partial charge >= 0.3 is 0 Å². The fourth-order valence-electron chi connectivity index (χ4n) is 0. The molecule has 0 heterocycles. The predicted molar refractivity (Wildman–Crippen MR) is 22.8 cm³/mol. The first-order chi connectivity index (χ1) is 1.73. The second-order valence-electron chi connectivity index (χ2n) is 0.908. The highest BCUT2D eigenvalue weighted by molar-refractivity contribution is 7.89.